The summed E-state index contributed by atoms with van der Waals surface area (Å²) in [6.45, 7) is 12.9. The minimum Gasteiger partial charge on any atom is -0.479 e. The zero-order chi connectivity index (χ0) is 27.7. The molecule has 0 atom stereocenters. The maximum atomic E-state index is 12.9. The average Bonchev–Trinajstić information content (AvgIpc) is 3.27. The molecule has 1 aromatic carbocycles. The molecule has 5 rings (SSSR count). The molecule has 1 N–H and O–H groups in total. The fraction of sp³-hybridized carbons (Fsp3) is 0.464. The Balaban J connectivity index is 1.24. The zero-order valence-electron chi connectivity index (χ0n) is 23.5. The van der Waals surface area contributed by atoms with Gasteiger partial charge in [0.05, 0.1) is 28.7 Å². The molecule has 0 radical (unpaired) electrons. The van der Waals surface area contributed by atoms with Gasteiger partial charge >= 0.3 is 0 Å². The number of benzene rings is 1. The Labute approximate surface area is 230 Å². The number of carbonyl (C=O) groups is 1. The van der Waals surface area contributed by atoms with Crippen molar-refractivity contribution >= 4 is 30.8 Å². The number of ether oxygens (including phenoxy) is 3. The van der Waals surface area contributed by atoms with E-state index < -0.39 is 8.07 Å². The molecule has 0 saturated carbocycles. The third-order valence-corrected chi connectivity index (χ3v) is 9.31. The first-order valence-corrected chi connectivity index (χ1v) is 16.8. The molecule has 1 amide bonds. The van der Waals surface area contributed by atoms with Gasteiger partial charge in [-0.2, -0.15) is 9.97 Å². The third-order valence-electron chi connectivity index (χ3n) is 7.27. The maximum Gasteiger partial charge on any atom is 0.290 e. The lowest BCUT2D eigenvalue weighted by Crippen LogP contribution is -2.63. The summed E-state index contributed by atoms with van der Waals surface area (Å²) >= 11 is 0. The van der Waals surface area contributed by atoms with E-state index in [0.717, 1.165) is 37.5 Å². The fourth-order valence-electron chi connectivity index (χ4n) is 4.64. The molecule has 4 heterocycles. The highest BCUT2D eigenvalue weighted by atomic mass is 28.3. The number of aromatic nitrogens is 2. The van der Waals surface area contributed by atoms with Gasteiger partial charge in [0.25, 0.3) is 5.95 Å². The van der Waals surface area contributed by atoms with Crippen LogP contribution in [-0.2, 0) is 11.2 Å². The maximum absolute atomic E-state index is 12.9. The number of hydrogen-bond donors (Lipinski definition) is 1. The summed E-state index contributed by atoms with van der Waals surface area (Å²) in [4.78, 5) is 26.6. The Hall–Kier alpha value is -3.57. The predicted molar refractivity (Wildman–Crippen MR) is 153 cm³/mol. The van der Waals surface area contributed by atoms with Crippen molar-refractivity contribution in [2.45, 2.75) is 45.4 Å². The number of methoxy groups -OCH3 is 2. The van der Waals surface area contributed by atoms with Gasteiger partial charge < -0.3 is 28.8 Å². The number of carbonyl (C=O) groups excluding carboxylic acids is 1. The SMILES string of the molecule is COc1nc(N2CC(N3CCC3)C2)nc(OC)c1NC(=O)Cc1ccc(Oc2cc([Si](C)(C)C)ccc2C)o1. The number of furan rings is 1. The molecule has 2 saturated heterocycles. The molecule has 2 aromatic heterocycles. The summed E-state index contributed by atoms with van der Waals surface area (Å²) in [5.41, 5.74) is 1.31. The van der Waals surface area contributed by atoms with Gasteiger partial charge in [-0.15, -0.1) is 0 Å². The number of hydrogen-bond acceptors (Lipinski definition) is 9. The van der Waals surface area contributed by atoms with Crippen molar-refractivity contribution in [3.05, 3.63) is 41.7 Å². The lowest BCUT2D eigenvalue weighted by molar-refractivity contribution is -0.115. The van der Waals surface area contributed by atoms with Gasteiger partial charge in [0, 0.05) is 25.2 Å². The van der Waals surface area contributed by atoms with Crippen LogP contribution in [0.15, 0.2) is 34.7 Å². The summed E-state index contributed by atoms with van der Waals surface area (Å²) in [6, 6.07) is 10.3. The molecule has 208 valence electrons. The van der Waals surface area contributed by atoms with Crippen molar-refractivity contribution in [1.82, 2.24) is 14.9 Å². The van der Waals surface area contributed by atoms with Crippen LogP contribution in [0, 0.1) is 6.92 Å². The van der Waals surface area contributed by atoms with Crippen molar-refractivity contribution in [2.75, 3.05) is 50.6 Å². The number of aryl methyl sites for hydroxylation is 1. The summed E-state index contributed by atoms with van der Waals surface area (Å²) in [5, 5.41) is 4.13. The first-order valence-electron chi connectivity index (χ1n) is 13.3. The standard InChI is InChI=1S/C28H37N5O5Si/c1-18-8-10-21(39(4,5)6)15-22(18)38-24-11-9-20(37-24)14-23(34)29-25-26(35-2)30-28(31-27(25)36-3)33-16-19(17-33)32-12-7-13-32/h8-11,15,19H,7,12-14,16-17H2,1-6H3,(H,29,34). The largest absolute Gasteiger partial charge is 0.479 e. The van der Waals surface area contributed by atoms with Crippen LogP contribution < -0.4 is 29.6 Å². The quantitative estimate of drug-likeness (QED) is 0.377. The number of anilines is 2. The number of likely N-dealkylation sites (tertiary alicyclic amines) is 1. The monoisotopic (exact) mass is 551 g/mol. The average molecular weight is 552 g/mol. The highest BCUT2D eigenvalue weighted by Gasteiger charge is 2.36. The van der Waals surface area contributed by atoms with E-state index >= 15 is 0 Å². The lowest BCUT2D eigenvalue weighted by atomic mass is 10.0. The van der Waals surface area contributed by atoms with Crippen LogP contribution >= 0.6 is 0 Å². The molecule has 2 aliphatic heterocycles. The van der Waals surface area contributed by atoms with Crippen molar-refractivity contribution in [3.63, 3.8) is 0 Å². The highest BCUT2D eigenvalue weighted by molar-refractivity contribution is 6.88. The molecule has 0 spiro atoms. The molecule has 39 heavy (non-hydrogen) atoms. The topological polar surface area (TPSA) is 102 Å². The molecular weight excluding hydrogens is 514 g/mol. The van der Waals surface area contributed by atoms with Crippen LogP contribution in [-0.4, -0.2) is 75.3 Å². The molecule has 0 aliphatic carbocycles. The summed E-state index contributed by atoms with van der Waals surface area (Å²) in [6.07, 6.45) is 1.26. The first-order chi connectivity index (χ1) is 18.6. The van der Waals surface area contributed by atoms with Gasteiger partial charge in [-0.3, -0.25) is 9.69 Å². The fourth-order valence-corrected chi connectivity index (χ4v) is 5.79. The van der Waals surface area contributed by atoms with E-state index in [1.807, 2.05) is 6.92 Å². The number of nitrogens with zero attached hydrogens (tertiary/aromatic N) is 4. The molecule has 0 bridgehead atoms. The molecule has 2 aliphatic rings. The Morgan fingerprint density at radius 1 is 1.08 bits per heavy atom. The first kappa shape index (κ1) is 27.0. The Morgan fingerprint density at radius 2 is 1.77 bits per heavy atom. The lowest BCUT2D eigenvalue weighted by Gasteiger charge is -2.48. The van der Waals surface area contributed by atoms with Gasteiger partial charge in [0.15, 0.2) is 5.69 Å². The molecule has 10 nitrogen and oxygen atoms in total. The second kappa shape index (κ2) is 10.9. The number of rotatable bonds is 10. The number of nitrogens with one attached hydrogen (secondary N) is 1. The highest BCUT2D eigenvalue weighted by Crippen LogP contribution is 2.35. The van der Waals surface area contributed by atoms with Crippen LogP contribution in [0.2, 0.25) is 19.6 Å². The van der Waals surface area contributed by atoms with Crippen molar-refractivity contribution in [2.24, 2.45) is 0 Å². The molecule has 0 unspecified atom stereocenters. The van der Waals surface area contributed by atoms with Crippen molar-refractivity contribution in [3.8, 4) is 23.5 Å². The van der Waals surface area contributed by atoms with Gasteiger partial charge in [0.1, 0.15) is 11.5 Å². The van der Waals surface area contributed by atoms with E-state index in [9.17, 15) is 4.79 Å². The molecule has 2 fully saturated rings. The third kappa shape index (κ3) is 5.89. The van der Waals surface area contributed by atoms with Gasteiger partial charge in [0.2, 0.25) is 23.6 Å². The van der Waals surface area contributed by atoms with E-state index in [2.05, 4.69) is 62.9 Å². The minimum absolute atomic E-state index is 0.00497. The van der Waals surface area contributed by atoms with E-state index in [4.69, 9.17) is 18.6 Å². The Morgan fingerprint density at radius 3 is 2.36 bits per heavy atom. The van der Waals surface area contributed by atoms with Crippen LogP contribution in [0.4, 0.5) is 11.6 Å². The molecule has 11 heteroatoms. The van der Waals surface area contributed by atoms with Gasteiger partial charge in [-0.05, 0) is 44.1 Å². The second-order valence-corrected chi connectivity index (χ2v) is 16.2. The van der Waals surface area contributed by atoms with E-state index in [-0.39, 0.29) is 29.8 Å². The summed E-state index contributed by atoms with van der Waals surface area (Å²) < 4.78 is 22.9. The van der Waals surface area contributed by atoms with Gasteiger partial charge in [-0.1, -0.05) is 37.0 Å². The van der Waals surface area contributed by atoms with Crippen LogP contribution in [0.3, 0.4) is 0 Å². The van der Waals surface area contributed by atoms with Crippen LogP contribution in [0.25, 0.3) is 0 Å². The molecular formula is C28H37N5O5Si. The van der Waals surface area contributed by atoms with Crippen molar-refractivity contribution < 1.29 is 23.4 Å². The van der Waals surface area contributed by atoms with E-state index in [1.165, 1.54) is 25.8 Å². The normalized spacial score (nSPS) is 15.9. The smallest absolute Gasteiger partial charge is 0.290 e. The van der Waals surface area contributed by atoms with E-state index in [1.54, 1.807) is 12.1 Å². The van der Waals surface area contributed by atoms with Crippen molar-refractivity contribution in [1.29, 1.82) is 0 Å². The predicted octanol–water partition coefficient (Wildman–Crippen LogP) is 3.81. The summed E-state index contributed by atoms with van der Waals surface area (Å²) in [5.74, 6) is 2.27. The van der Waals surface area contributed by atoms with Crippen LogP contribution in [0.1, 0.15) is 17.7 Å². The number of amides is 1. The van der Waals surface area contributed by atoms with Crippen LogP contribution in [0.5, 0.6) is 23.5 Å². The van der Waals surface area contributed by atoms with E-state index in [0.29, 0.717) is 23.7 Å². The van der Waals surface area contributed by atoms with Gasteiger partial charge in [-0.25, -0.2) is 0 Å². The Kier molecular flexibility index (Phi) is 7.54. The minimum atomic E-state index is -1.49. The Bertz CT molecular complexity index is 1320. The molecule has 3 aromatic rings. The second-order valence-electron chi connectivity index (χ2n) is 11.1. The zero-order valence-corrected chi connectivity index (χ0v) is 24.5. The summed E-state index contributed by atoms with van der Waals surface area (Å²) in [7, 11) is 1.53.